The summed E-state index contributed by atoms with van der Waals surface area (Å²) in [6.07, 6.45) is 2.92. The third-order valence-electron chi connectivity index (χ3n) is 4.14. The summed E-state index contributed by atoms with van der Waals surface area (Å²) in [5.41, 5.74) is 2.11. The molecule has 2 aromatic rings. The average Bonchev–Trinajstić information content (AvgIpc) is 3.07. The van der Waals surface area contributed by atoms with Crippen LogP contribution in [0.3, 0.4) is 0 Å². The van der Waals surface area contributed by atoms with E-state index >= 15 is 0 Å². The van der Waals surface area contributed by atoms with E-state index in [-0.39, 0.29) is 12.1 Å². The Balaban J connectivity index is 1.57. The molecule has 0 bridgehead atoms. The summed E-state index contributed by atoms with van der Waals surface area (Å²) < 4.78 is 4.90. The Bertz CT molecular complexity index is 841. The largest absolute Gasteiger partial charge is 0.448 e. The van der Waals surface area contributed by atoms with Crippen LogP contribution in [-0.4, -0.2) is 40.9 Å². The summed E-state index contributed by atoms with van der Waals surface area (Å²) in [5, 5.41) is 5.21. The number of carbonyl (C=O) groups is 3. The van der Waals surface area contributed by atoms with Crippen molar-refractivity contribution >= 4 is 23.6 Å². The second-order valence-corrected chi connectivity index (χ2v) is 6.17. The van der Waals surface area contributed by atoms with E-state index in [4.69, 9.17) is 4.74 Å². The number of amides is 3. The molecule has 1 fully saturated rings. The first kappa shape index (κ1) is 18.4. The molecule has 0 spiro atoms. The third-order valence-corrected chi connectivity index (χ3v) is 4.14. The van der Waals surface area contributed by atoms with Gasteiger partial charge in [0.15, 0.2) is 0 Å². The second kappa shape index (κ2) is 8.31. The quantitative estimate of drug-likeness (QED) is 0.785. The van der Waals surface area contributed by atoms with Crippen LogP contribution in [0.2, 0.25) is 0 Å². The van der Waals surface area contributed by atoms with Gasteiger partial charge in [-0.05, 0) is 36.2 Å². The number of benzene rings is 1. The summed E-state index contributed by atoms with van der Waals surface area (Å²) in [6.45, 7) is 3.07. The lowest BCUT2D eigenvalue weighted by Crippen LogP contribution is -2.37. The normalized spacial score (nSPS) is 14.4. The number of hydrogen-bond donors (Lipinski definition) is 2. The van der Waals surface area contributed by atoms with Gasteiger partial charge < -0.3 is 20.3 Å². The zero-order valence-corrected chi connectivity index (χ0v) is 14.8. The second-order valence-electron chi connectivity index (χ2n) is 6.17. The van der Waals surface area contributed by atoms with E-state index in [1.165, 1.54) is 0 Å². The molecule has 3 rings (SSSR count). The van der Waals surface area contributed by atoms with Crippen molar-refractivity contribution in [2.45, 2.75) is 19.5 Å². The summed E-state index contributed by atoms with van der Waals surface area (Å²) in [7, 11) is 0. The molecule has 2 N–H and O–H groups in total. The Labute approximate surface area is 156 Å². The van der Waals surface area contributed by atoms with Gasteiger partial charge in [-0.15, -0.1) is 0 Å². The summed E-state index contributed by atoms with van der Waals surface area (Å²) in [6, 6.07) is 10.2. The van der Waals surface area contributed by atoms with E-state index in [1.807, 2.05) is 12.1 Å². The van der Waals surface area contributed by atoms with E-state index in [9.17, 15) is 14.4 Å². The summed E-state index contributed by atoms with van der Waals surface area (Å²) in [4.78, 5) is 41.4. The number of pyridine rings is 1. The maximum Gasteiger partial charge on any atom is 0.410 e. The van der Waals surface area contributed by atoms with Crippen LogP contribution < -0.4 is 10.6 Å². The average molecular weight is 368 g/mol. The molecule has 2 heterocycles. The van der Waals surface area contributed by atoms with Crippen LogP contribution >= 0.6 is 0 Å². The van der Waals surface area contributed by atoms with Gasteiger partial charge in [0, 0.05) is 24.6 Å². The van der Waals surface area contributed by atoms with Crippen LogP contribution in [0.15, 0.2) is 48.8 Å². The lowest BCUT2D eigenvalue weighted by molar-refractivity contribution is -0.136. The minimum Gasteiger partial charge on any atom is -0.448 e. The van der Waals surface area contributed by atoms with E-state index in [2.05, 4.69) is 15.6 Å². The Hall–Kier alpha value is -3.42. The lowest BCUT2D eigenvalue weighted by Gasteiger charge is -2.15. The first-order valence-electron chi connectivity index (χ1n) is 8.55. The standard InChI is InChI=1S/C19H20N4O4/c1-13(15-5-3-7-20-11-15)21-17(24)18(25)22-16-6-2-4-14(10-16)12-23-8-9-27-19(23)26/h2-7,10-11,13H,8-9,12H2,1H3,(H,21,24)(H,22,25)/t13-/m0/s1. The Morgan fingerprint density at radius 3 is 2.81 bits per heavy atom. The number of ether oxygens (including phenoxy) is 1. The van der Waals surface area contributed by atoms with Crippen molar-refractivity contribution in [2.75, 3.05) is 18.5 Å². The van der Waals surface area contributed by atoms with Gasteiger partial charge in [-0.25, -0.2) is 4.79 Å². The smallest absolute Gasteiger partial charge is 0.410 e. The van der Waals surface area contributed by atoms with Crippen molar-refractivity contribution in [3.63, 3.8) is 0 Å². The fourth-order valence-electron chi connectivity index (χ4n) is 2.70. The first-order valence-corrected chi connectivity index (χ1v) is 8.55. The maximum absolute atomic E-state index is 12.2. The van der Waals surface area contributed by atoms with Crippen LogP contribution in [0.1, 0.15) is 24.1 Å². The van der Waals surface area contributed by atoms with Gasteiger partial charge in [0.2, 0.25) is 0 Å². The van der Waals surface area contributed by atoms with Crippen LogP contribution in [0.5, 0.6) is 0 Å². The van der Waals surface area contributed by atoms with Crippen molar-refractivity contribution < 1.29 is 19.1 Å². The third kappa shape index (κ3) is 4.81. The maximum atomic E-state index is 12.2. The van der Waals surface area contributed by atoms with E-state index in [0.717, 1.165) is 11.1 Å². The highest BCUT2D eigenvalue weighted by Gasteiger charge is 2.22. The van der Waals surface area contributed by atoms with Crippen LogP contribution in [0, 0.1) is 0 Å². The Kier molecular flexibility index (Phi) is 5.65. The molecule has 0 unspecified atom stereocenters. The van der Waals surface area contributed by atoms with Crippen molar-refractivity contribution in [3.8, 4) is 0 Å². The number of rotatable bonds is 5. The predicted molar refractivity (Wildman–Crippen MR) is 97.6 cm³/mol. The highest BCUT2D eigenvalue weighted by molar-refractivity contribution is 6.39. The number of cyclic esters (lactones) is 1. The fourth-order valence-corrected chi connectivity index (χ4v) is 2.70. The molecule has 1 aliphatic heterocycles. The number of hydrogen-bond acceptors (Lipinski definition) is 5. The molecule has 1 saturated heterocycles. The van der Waals surface area contributed by atoms with Gasteiger partial charge in [-0.3, -0.25) is 14.6 Å². The van der Waals surface area contributed by atoms with Crippen molar-refractivity contribution in [1.29, 1.82) is 0 Å². The molecular formula is C19H20N4O4. The van der Waals surface area contributed by atoms with E-state index in [1.54, 1.807) is 48.5 Å². The molecule has 3 amide bonds. The number of nitrogens with zero attached hydrogens (tertiary/aromatic N) is 2. The van der Waals surface area contributed by atoms with Gasteiger partial charge in [0.05, 0.1) is 12.6 Å². The molecule has 8 heteroatoms. The zero-order chi connectivity index (χ0) is 19.2. The minimum absolute atomic E-state index is 0.343. The number of anilines is 1. The predicted octanol–water partition coefficient (Wildman–Crippen LogP) is 1.85. The van der Waals surface area contributed by atoms with Crippen LogP contribution in [-0.2, 0) is 20.9 Å². The number of nitrogens with one attached hydrogen (secondary N) is 2. The van der Waals surface area contributed by atoms with Crippen molar-refractivity contribution in [3.05, 3.63) is 59.9 Å². The fraction of sp³-hybridized carbons (Fsp3) is 0.263. The Morgan fingerprint density at radius 1 is 1.26 bits per heavy atom. The molecule has 27 heavy (non-hydrogen) atoms. The molecule has 140 valence electrons. The topological polar surface area (TPSA) is 101 Å². The summed E-state index contributed by atoms with van der Waals surface area (Å²) in [5.74, 6) is -1.50. The van der Waals surface area contributed by atoms with E-state index in [0.29, 0.717) is 25.4 Å². The minimum atomic E-state index is -0.761. The Morgan fingerprint density at radius 2 is 2.11 bits per heavy atom. The first-order chi connectivity index (χ1) is 13.0. The molecule has 8 nitrogen and oxygen atoms in total. The molecule has 1 atom stereocenters. The van der Waals surface area contributed by atoms with Crippen LogP contribution in [0.4, 0.5) is 10.5 Å². The number of carbonyl (C=O) groups excluding carboxylic acids is 3. The van der Waals surface area contributed by atoms with Gasteiger partial charge in [-0.1, -0.05) is 18.2 Å². The highest BCUT2D eigenvalue weighted by atomic mass is 16.6. The molecule has 1 aromatic heterocycles. The summed E-state index contributed by atoms with van der Waals surface area (Å²) >= 11 is 0. The molecule has 0 saturated carbocycles. The molecule has 1 aliphatic rings. The monoisotopic (exact) mass is 368 g/mol. The van der Waals surface area contributed by atoms with Gasteiger partial charge in [0.25, 0.3) is 0 Å². The van der Waals surface area contributed by atoms with Gasteiger partial charge in [0.1, 0.15) is 6.61 Å². The van der Waals surface area contributed by atoms with Crippen LogP contribution in [0.25, 0.3) is 0 Å². The highest BCUT2D eigenvalue weighted by Crippen LogP contribution is 2.15. The van der Waals surface area contributed by atoms with Gasteiger partial charge in [-0.2, -0.15) is 0 Å². The molecule has 0 aliphatic carbocycles. The molecule has 1 aromatic carbocycles. The van der Waals surface area contributed by atoms with Crippen molar-refractivity contribution in [1.82, 2.24) is 15.2 Å². The number of aromatic nitrogens is 1. The SMILES string of the molecule is C[C@H](NC(=O)C(=O)Nc1cccc(CN2CCOC2=O)c1)c1cccnc1. The van der Waals surface area contributed by atoms with Gasteiger partial charge >= 0.3 is 17.9 Å². The van der Waals surface area contributed by atoms with E-state index < -0.39 is 11.8 Å². The molecular weight excluding hydrogens is 348 g/mol. The molecule has 0 radical (unpaired) electrons. The zero-order valence-electron chi connectivity index (χ0n) is 14.8. The lowest BCUT2D eigenvalue weighted by atomic mass is 10.1. The van der Waals surface area contributed by atoms with Crippen molar-refractivity contribution in [2.24, 2.45) is 0 Å².